The van der Waals surface area contributed by atoms with Crippen LogP contribution in [0.25, 0.3) is 0 Å². The molecule has 1 fully saturated rings. The smallest absolute Gasteiger partial charge is 0.222 e. The number of carbonyl (C=O) groups excluding carboxylic acids is 1. The van der Waals surface area contributed by atoms with Gasteiger partial charge >= 0.3 is 0 Å². The van der Waals surface area contributed by atoms with Crippen LogP contribution in [0.1, 0.15) is 36.8 Å². The van der Waals surface area contributed by atoms with Crippen LogP contribution in [0.2, 0.25) is 0 Å². The van der Waals surface area contributed by atoms with Crippen LogP contribution < -0.4 is 10.5 Å². The number of hydrogen-bond donors (Lipinski definition) is 1. The predicted octanol–water partition coefficient (Wildman–Crippen LogP) is 2.41. The van der Waals surface area contributed by atoms with E-state index >= 15 is 0 Å². The minimum atomic E-state index is 0.148. The average Bonchev–Trinajstić information content (AvgIpc) is 2.47. The number of amides is 1. The molecule has 0 aliphatic carbocycles. The highest BCUT2D eigenvalue weighted by molar-refractivity contribution is 5.76. The molecule has 0 aromatic heterocycles. The van der Waals surface area contributed by atoms with E-state index in [1.54, 1.807) is 0 Å². The van der Waals surface area contributed by atoms with E-state index in [4.69, 9.17) is 10.5 Å². The number of nitrogens with two attached hydrogens (primary N) is 1. The molecule has 1 heterocycles. The first-order valence-electron chi connectivity index (χ1n) is 7.79. The predicted molar refractivity (Wildman–Crippen MR) is 84.4 cm³/mol. The van der Waals surface area contributed by atoms with Crippen molar-refractivity contribution in [2.75, 3.05) is 19.7 Å². The Morgan fingerprint density at radius 1 is 1.38 bits per heavy atom. The molecule has 1 aliphatic rings. The third kappa shape index (κ3) is 4.74. The van der Waals surface area contributed by atoms with Gasteiger partial charge in [0.1, 0.15) is 5.75 Å². The Morgan fingerprint density at radius 3 is 2.90 bits per heavy atom. The maximum Gasteiger partial charge on any atom is 0.222 e. The topological polar surface area (TPSA) is 55.6 Å². The Bertz CT molecular complexity index is 488. The van der Waals surface area contributed by atoms with E-state index < -0.39 is 0 Å². The molecule has 21 heavy (non-hydrogen) atoms. The van der Waals surface area contributed by atoms with Gasteiger partial charge in [0, 0.05) is 25.6 Å². The molecule has 0 spiro atoms. The first-order chi connectivity index (χ1) is 10.1. The summed E-state index contributed by atoms with van der Waals surface area (Å²) in [5.74, 6) is 1.08. The Morgan fingerprint density at radius 2 is 2.19 bits per heavy atom. The van der Waals surface area contributed by atoms with Crippen LogP contribution in [-0.2, 0) is 4.79 Å². The van der Waals surface area contributed by atoms with Crippen molar-refractivity contribution in [3.63, 3.8) is 0 Å². The van der Waals surface area contributed by atoms with Crippen molar-refractivity contribution < 1.29 is 9.53 Å². The maximum atomic E-state index is 12.1. The molecule has 116 valence electrons. The Hall–Kier alpha value is -1.55. The second kappa shape index (κ2) is 7.46. The van der Waals surface area contributed by atoms with Gasteiger partial charge in [0.2, 0.25) is 5.91 Å². The third-order valence-electron chi connectivity index (χ3n) is 4.09. The molecule has 1 aliphatic heterocycles. The van der Waals surface area contributed by atoms with Crippen LogP contribution in [0.4, 0.5) is 0 Å². The minimum Gasteiger partial charge on any atom is -0.494 e. The number of likely N-dealkylation sites (tertiary alicyclic amines) is 1. The molecule has 0 saturated carbocycles. The molecule has 4 heteroatoms. The summed E-state index contributed by atoms with van der Waals surface area (Å²) in [4.78, 5) is 14.0. The zero-order valence-corrected chi connectivity index (χ0v) is 13.1. The fourth-order valence-corrected chi connectivity index (χ4v) is 2.61. The highest BCUT2D eigenvalue weighted by Crippen LogP contribution is 2.17. The van der Waals surface area contributed by atoms with Crippen LogP contribution in [0, 0.1) is 13.8 Å². The highest BCUT2D eigenvalue weighted by atomic mass is 16.5. The number of hydrogen-bond acceptors (Lipinski definition) is 3. The molecular formula is C17H26N2O2. The van der Waals surface area contributed by atoms with E-state index in [0.29, 0.717) is 19.6 Å². The number of carbonyl (C=O) groups is 1. The maximum absolute atomic E-state index is 12.1. The number of aryl methyl sites for hydroxylation is 2. The Kier molecular flexibility index (Phi) is 5.62. The lowest BCUT2D eigenvalue weighted by atomic mass is 10.1. The van der Waals surface area contributed by atoms with E-state index in [1.165, 1.54) is 11.1 Å². The minimum absolute atomic E-state index is 0.148. The second-order valence-corrected chi connectivity index (χ2v) is 5.94. The number of rotatable bonds is 5. The van der Waals surface area contributed by atoms with Crippen LogP contribution in [0.3, 0.4) is 0 Å². The molecule has 1 saturated heterocycles. The lowest BCUT2D eigenvalue weighted by Gasteiger charge is -2.30. The van der Waals surface area contributed by atoms with Crippen molar-refractivity contribution in [2.24, 2.45) is 5.73 Å². The van der Waals surface area contributed by atoms with Crippen LogP contribution in [-0.4, -0.2) is 36.5 Å². The number of nitrogens with zero attached hydrogens (tertiary/aromatic N) is 1. The van der Waals surface area contributed by atoms with Gasteiger partial charge in [-0.25, -0.2) is 0 Å². The van der Waals surface area contributed by atoms with Gasteiger partial charge in [-0.1, -0.05) is 6.07 Å². The summed E-state index contributed by atoms with van der Waals surface area (Å²) in [6.07, 6.45) is 3.33. The standard InChI is InChI=1S/C17H26N2O2/c1-13-7-8-16(11-14(13)2)21-10-4-6-17(20)19-9-3-5-15(18)12-19/h7-8,11,15H,3-6,9-10,12,18H2,1-2H3/t15-/m1/s1. The summed E-state index contributed by atoms with van der Waals surface area (Å²) in [6.45, 7) is 6.29. The monoisotopic (exact) mass is 290 g/mol. The number of benzene rings is 1. The molecule has 0 radical (unpaired) electrons. The summed E-state index contributed by atoms with van der Waals surface area (Å²) in [5, 5.41) is 0. The van der Waals surface area contributed by atoms with Crippen LogP contribution in [0.5, 0.6) is 5.75 Å². The summed E-state index contributed by atoms with van der Waals surface area (Å²) in [6, 6.07) is 6.23. The quantitative estimate of drug-likeness (QED) is 0.847. The Balaban J connectivity index is 1.69. The van der Waals surface area contributed by atoms with Gasteiger partial charge < -0.3 is 15.4 Å². The zero-order chi connectivity index (χ0) is 15.2. The van der Waals surface area contributed by atoms with Gasteiger partial charge in [-0.05, 0) is 56.4 Å². The fourth-order valence-electron chi connectivity index (χ4n) is 2.61. The van der Waals surface area contributed by atoms with Crippen molar-refractivity contribution in [3.8, 4) is 5.75 Å². The van der Waals surface area contributed by atoms with E-state index in [1.807, 2.05) is 17.0 Å². The molecule has 2 rings (SSSR count). The first-order valence-corrected chi connectivity index (χ1v) is 7.79. The molecule has 0 unspecified atom stereocenters. The summed E-state index contributed by atoms with van der Waals surface area (Å²) in [7, 11) is 0. The van der Waals surface area contributed by atoms with Crippen molar-refractivity contribution >= 4 is 5.91 Å². The largest absolute Gasteiger partial charge is 0.494 e. The molecular weight excluding hydrogens is 264 g/mol. The second-order valence-electron chi connectivity index (χ2n) is 5.94. The normalized spacial score (nSPS) is 18.6. The number of piperidine rings is 1. The van der Waals surface area contributed by atoms with Crippen molar-refractivity contribution in [3.05, 3.63) is 29.3 Å². The lowest BCUT2D eigenvalue weighted by molar-refractivity contribution is -0.132. The van der Waals surface area contributed by atoms with E-state index in [2.05, 4.69) is 19.9 Å². The zero-order valence-electron chi connectivity index (χ0n) is 13.1. The summed E-state index contributed by atoms with van der Waals surface area (Å²) < 4.78 is 5.71. The summed E-state index contributed by atoms with van der Waals surface area (Å²) >= 11 is 0. The molecule has 1 aromatic carbocycles. The van der Waals surface area contributed by atoms with Crippen molar-refractivity contribution in [1.82, 2.24) is 4.90 Å². The SMILES string of the molecule is Cc1ccc(OCCCC(=O)N2CCC[C@@H](N)C2)cc1C. The van der Waals surface area contributed by atoms with Gasteiger partial charge in [0.15, 0.2) is 0 Å². The molecule has 1 amide bonds. The average molecular weight is 290 g/mol. The van der Waals surface area contributed by atoms with Gasteiger partial charge in [0.05, 0.1) is 6.61 Å². The lowest BCUT2D eigenvalue weighted by Crippen LogP contribution is -2.45. The van der Waals surface area contributed by atoms with Crippen molar-refractivity contribution in [2.45, 2.75) is 45.6 Å². The van der Waals surface area contributed by atoms with E-state index in [9.17, 15) is 4.79 Å². The van der Waals surface area contributed by atoms with E-state index in [0.717, 1.165) is 31.6 Å². The molecule has 4 nitrogen and oxygen atoms in total. The molecule has 1 aromatic rings. The van der Waals surface area contributed by atoms with Crippen LogP contribution >= 0.6 is 0 Å². The molecule has 1 atom stereocenters. The number of ether oxygens (including phenoxy) is 1. The molecule has 2 N–H and O–H groups in total. The fraction of sp³-hybridized carbons (Fsp3) is 0.588. The molecule has 0 bridgehead atoms. The van der Waals surface area contributed by atoms with Crippen molar-refractivity contribution in [1.29, 1.82) is 0 Å². The van der Waals surface area contributed by atoms with Gasteiger partial charge in [0.25, 0.3) is 0 Å². The third-order valence-corrected chi connectivity index (χ3v) is 4.09. The summed E-state index contributed by atoms with van der Waals surface area (Å²) in [5.41, 5.74) is 8.39. The Labute approximate surface area is 127 Å². The highest BCUT2D eigenvalue weighted by Gasteiger charge is 2.20. The van der Waals surface area contributed by atoms with Crippen LogP contribution in [0.15, 0.2) is 18.2 Å². The van der Waals surface area contributed by atoms with Gasteiger partial charge in [-0.2, -0.15) is 0 Å². The van der Waals surface area contributed by atoms with Gasteiger partial charge in [-0.15, -0.1) is 0 Å². The van der Waals surface area contributed by atoms with E-state index in [-0.39, 0.29) is 11.9 Å². The first kappa shape index (κ1) is 15.8. The van der Waals surface area contributed by atoms with Gasteiger partial charge in [-0.3, -0.25) is 4.79 Å².